The quantitative estimate of drug-likeness (QED) is 0.550. The molecule has 0 unspecified atom stereocenters. The van der Waals surface area contributed by atoms with Crippen molar-refractivity contribution in [2.24, 2.45) is 16.1 Å². The van der Waals surface area contributed by atoms with Crippen LogP contribution in [0.3, 0.4) is 0 Å². The molecule has 2 atom stereocenters. The number of azo groups is 1. The van der Waals surface area contributed by atoms with Gasteiger partial charge in [-0.1, -0.05) is 60.7 Å². The lowest BCUT2D eigenvalue weighted by Gasteiger charge is -2.25. The van der Waals surface area contributed by atoms with E-state index in [9.17, 15) is 9.59 Å². The molecule has 0 bridgehead atoms. The highest BCUT2D eigenvalue weighted by Gasteiger charge is 2.42. The number of ketones is 2. The summed E-state index contributed by atoms with van der Waals surface area (Å²) in [5, 5.41) is 10.9. The number of carbonyl (C=O) groups excluding carboxylic acids is 2. The summed E-state index contributed by atoms with van der Waals surface area (Å²) in [4.78, 5) is 26.9. The van der Waals surface area contributed by atoms with Gasteiger partial charge in [0.25, 0.3) is 0 Å². The summed E-state index contributed by atoms with van der Waals surface area (Å²) in [6, 6.07) is 20.9. The van der Waals surface area contributed by atoms with Crippen molar-refractivity contribution in [2.45, 2.75) is 12.0 Å². The Morgan fingerprint density at radius 2 is 1.46 bits per heavy atom. The van der Waals surface area contributed by atoms with Crippen LogP contribution in [-0.4, -0.2) is 11.6 Å². The van der Waals surface area contributed by atoms with E-state index in [-0.39, 0.29) is 23.5 Å². The number of Topliss-reactive ketones (excluding diaryl/α,β-unsaturated/α-hetero) is 2. The van der Waals surface area contributed by atoms with Gasteiger partial charge in [-0.2, -0.15) is 10.2 Å². The van der Waals surface area contributed by atoms with Crippen LogP contribution >= 0.6 is 11.3 Å². The molecule has 4 nitrogen and oxygen atoms in total. The molecule has 2 aromatic carbocycles. The summed E-state index contributed by atoms with van der Waals surface area (Å²) in [6.45, 7) is 0. The summed E-state index contributed by atoms with van der Waals surface area (Å²) >= 11 is 1.64. The van der Waals surface area contributed by atoms with Gasteiger partial charge in [0.15, 0.2) is 11.6 Å². The highest BCUT2D eigenvalue weighted by Crippen LogP contribution is 2.44. The van der Waals surface area contributed by atoms with Gasteiger partial charge in [-0.05, 0) is 23.1 Å². The van der Waals surface area contributed by atoms with Gasteiger partial charge in [-0.3, -0.25) is 9.59 Å². The molecule has 136 valence electrons. The minimum Gasteiger partial charge on any atom is -0.293 e. The van der Waals surface area contributed by atoms with Gasteiger partial charge in [0, 0.05) is 21.9 Å². The lowest BCUT2D eigenvalue weighted by atomic mass is 9.86. The molecule has 28 heavy (non-hydrogen) atoms. The fourth-order valence-corrected chi connectivity index (χ4v) is 4.73. The average Bonchev–Trinajstić information content (AvgIpc) is 3.36. The van der Waals surface area contributed by atoms with Gasteiger partial charge in [0.1, 0.15) is 12.0 Å². The van der Waals surface area contributed by atoms with Crippen molar-refractivity contribution in [3.63, 3.8) is 0 Å². The number of rotatable bonds is 3. The minimum absolute atomic E-state index is 0.0725. The number of nitrogens with zero attached hydrogens (tertiary/aromatic N) is 2. The highest BCUT2D eigenvalue weighted by atomic mass is 32.1. The van der Waals surface area contributed by atoms with E-state index in [0.29, 0.717) is 16.8 Å². The van der Waals surface area contributed by atoms with Crippen LogP contribution in [0.5, 0.6) is 0 Å². The molecule has 0 radical (unpaired) electrons. The summed E-state index contributed by atoms with van der Waals surface area (Å²) < 4.78 is 0. The fraction of sp³-hybridized carbons (Fsp3) is 0.130. The van der Waals surface area contributed by atoms with Gasteiger partial charge in [0.2, 0.25) is 0 Å². The normalized spacial score (nSPS) is 21.6. The zero-order chi connectivity index (χ0) is 19.1. The molecule has 1 aromatic heterocycles. The third-order valence-electron chi connectivity index (χ3n) is 5.29. The van der Waals surface area contributed by atoms with E-state index in [1.807, 2.05) is 53.9 Å². The van der Waals surface area contributed by atoms with Crippen LogP contribution in [-0.2, 0) is 0 Å². The number of allylic oxidation sites excluding steroid dienone is 1. The predicted molar refractivity (Wildman–Crippen MR) is 108 cm³/mol. The van der Waals surface area contributed by atoms with Crippen LogP contribution in [0.1, 0.15) is 43.1 Å². The van der Waals surface area contributed by atoms with Gasteiger partial charge >= 0.3 is 0 Å². The van der Waals surface area contributed by atoms with E-state index in [2.05, 4.69) is 10.2 Å². The van der Waals surface area contributed by atoms with E-state index in [1.165, 1.54) is 0 Å². The number of benzene rings is 2. The van der Waals surface area contributed by atoms with Crippen molar-refractivity contribution >= 4 is 22.9 Å². The van der Waals surface area contributed by atoms with E-state index < -0.39 is 5.92 Å². The molecular weight excluding hydrogens is 368 g/mol. The van der Waals surface area contributed by atoms with Crippen molar-refractivity contribution in [3.8, 4) is 0 Å². The van der Waals surface area contributed by atoms with Gasteiger partial charge in [-0.25, -0.2) is 0 Å². The van der Waals surface area contributed by atoms with Gasteiger partial charge < -0.3 is 0 Å². The van der Waals surface area contributed by atoms with Crippen LogP contribution in [0, 0.1) is 5.92 Å². The number of thiophene rings is 1. The third kappa shape index (κ3) is 2.67. The van der Waals surface area contributed by atoms with E-state index >= 15 is 0 Å². The lowest BCUT2D eigenvalue weighted by Crippen LogP contribution is -2.20. The van der Waals surface area contributed by atoms with Crippen molar-refractivity contribution in [2.75, 3.05) is 0 Å². The first kappa shape index (κ1) is 17.0. The summed E-state index contributed by atoms with van der Waals surface area (Å²) in [6.07, 6.45) is 1.96. The maximum atomic E-state index is 12.9. The maximum Gasteiger partial charge on any atom is 0.180 e. The Bertz CT molecular complexity index is 1080. The number of carbonyl (C=O) groups is 2. The smallest absolute Gasteiger partial charge is 0.180 e. The molecule has 0 fully saturated rings. The van der Waals surface area contributed by atoms with Crippen LogP contribution in [0.4, 0.5) is 0 Å². The Labute approximate surface area is 166 Å². The van der Waals surface area contributed by atoms with Gasteiger partial charge in [-0.15, -0.1) is 11.3 Å². The van der Waals surface area contributed by atoms with Crippen LogP contribution in [0.15, 0.2) is 94.1 Å². The minimum atomic E-state index is -0.892. The molecule has 0 saturated heterocycles. The zero-order valence-electron chi connectivity index (χ0n) is 14.9. The Kier molecular flexibility index (Phi) is 4.10. The summed E-state index contributed by atoms with van der Waals surface area (Å²) in [5.41, 5.74) is 2.50. The Balaban J connectivity index is 1.57. The summed E-state index contributed by atoms with van der Waals surface area (Å²) in [5.74, 6) is -1.34. The average molecular weight is 384 g/mol. The first-order valence-electron chi connectivity index (χ1n) is 9.12. The standard InChI is InChI=1S/C23H16N2O2S/c26-22-15-9-4-5-10-16(15)23(27)20(22)18-13-17(14-7-2-1-3-8-14)21(25-24-18)19-11-6-12-28-19/h1-13,17,20-21H/t17-,21+/m1/s1. The predicted octanol–water partition coefficient (Wildman–Crippen LogP) is 5.62. The first-order chi connectivity index (χ1) is 13.7. The number of fused-ring (bicyclic) bond motifs is 1. The molecular formula is C23H16N2O2S. The Hall–Kier alpha value is -3.18. The SMILES string of the molecule is O=C1c2ccccc2C(=O)C1C1=C[C@H](c2ccccc2)[C@@H](c2cccs2)N=N1. The Morgan fingerprint density at radius 3 is 2.11 bits per heavy atom. The lowest BCUT2D eigenvalue weighted by molar-refractivity contribution is 0.0861. The van der Waals surface area contributed by atoms with E-state index in [4.69, 9.17) is 0 Å². The van der Waals surface area contributed by atoms with Crippen LogP contribution < -0.4 is 0 Å². The maximum absolute atomic E-state index is 12.9. The molecule has 3 aromatic rings. The molecule has 0 N–H and O–H groups in total. The molecule has 0 spiro atoms. The molecule has 0 amide bonds. The van der Waals surface area contributed by atoms with Crippen molar-refractivity contribution in [1.82, 2.24) is 0 Å². The molecule has 0 saturated carbocycles. The van der Waals surface area contributed by atoms with E-state index in [0.717, 1.165) is 10.4 Å². The molecule has 5 rings (SSSR count). The second-order valence-electron chi connectivity index (χ2n) is 6.91. The molecule has 1 aliphatic carbocycles. The topological polar surface area (TPSA) is 58.9 Å². The second-order valence-corrected chi connectivity index (χ2v) is 7.89. The monoisotopic (exact) mass is 384 g/mol. The highest BCUT2D eigenvalue weighted by molar-refractivity contribution is 7.10. The number of hydrogen-bond acceptors (Lipinski definition) is 5. The van der Waals surface area contributed by atoms with E-state index in [1.54, 1.807) is 35.6 Å². The zero-order valence-corrected chi connectivity index (χ0v) is 15.7. The largest absolute Gasteiger partial charge is 0.293 e. The first-order valence-corrected chi connectivity index (χ1v) is 10.0. The van der Waals surface area contributed by atoms with Gasteiger partial charge in [0.05, 0.1) is 5.70 Å². The van der Waals surface area contributed by atoms with Crippen molar-refractivity contribution in [3.05, 3.63) is 105 Å². The molecule has 2 heterocycles. The van der Waals surface area contributed by atoms with Crippen molar-refractivity contribution in [1.29, 1.82) is 0 Å². The summed E-state index contributed by atoms with van der Waals surface area (Å²) in [7, 11) is 0. The molecule has 1 aliphatic heterocycles. The molecule has 5 heteroatoms. The van der Waals surface area contributed by atoms with Crippen LogP contribution in [0.2, 0.25) is 0 Å². The fourth-order valence-electron chi connectivity index (χ4n) is 3.92. The molecule has 2 aliphatic rings. The van der Waals surface area contributed by atoms with Crippen LogP contribution in [0.25, 0.3) is 0 Å². The number of hydrogen-bond donors (Lipinski definition) is 0. The Morgan fingerprint density at radius 1 is 0.786 bits per heavy atom. The second kappa shape index (κ2) is 6.77. The van der Waals surface area contributed by atoms with Crippen molar-refractivity contribution < 1.29 is 9.59 Å². The third-order valence-corrected chi connectivity index (χ3v) is 6.23.